The number of nitrogens with zero attached hydrogens (tertiary/aromatic N) is 2. The van der Waals surface area contributed by atoms with E-state index in [4.69, 9.17) is 5.11 Å². The maximum Gasteiger partial charge on any atom is 0.303 e. The molecule has 19 heavy (non-hydrogen) atoms. The lowest BCUT2D eigenvalue weighted by molar-refractivity contribution is -0.137. The second-order valence-electron chi connectivity index (χ2n) is 4.47. The van der Waals surface area contributed by atoms with E-state index in [1.807, 2.05) is 6.92 Å². The normalized spacial score (nSPS) is 13.4. The van der Waals surface area contributed by atoms with Gasteiger partial charge in [0.2, 0.25) is 0 Å². The van der Waals surface area contributed by atoms with E-state index in [-0.39, 0.29) is 23.9 Å². The predicted octanol–water partition coefficient (Wildman–Crippen LogP) is 0.601. The van der Waals surface area contributed by atoms with Crippen molar-refractivity contribution in [2.75, 3.05) is 6.54 Å². The molecule has 0 radical (unpaired) electrons. The van der Waals surface area contributed by atoms with E-state index in [2.05, 4.69) is 9.71 Å². The Bertz CT molecular complexity index is 550. The highest BCUT2D eigenvalue weighted by Gasteiger charge is 2.20. The van der Waals surface area contributed by atoms with E-state index in [9.17, 15) is 13.2 Å². The lowest BCUT2D eigenvalue weighted by Crippen LogP contribution is -2.29. The summed E-state index contributed by atoms with van der Waals surface area (Å²) in [6.07, 6.45) is 1.39. The first kappa shape index (κ1) is 15.6. The molecule has 1 unspecified atom stereocenters. The van der Waals surface area contributed by atoms with E-state index in [1.54, 1.807) is 18.4 Å². The van der Waals surface area contributed by atoms with Crippen LogP contribution >= 0.6 is 0 Å². The van der Waals surface area contributed by atoms with Crippen LogP contribution in [0.4, 0.5) is 0 Å². The first-order valence-electron chi connectivity index (χ1n) is 6.01. The van der Waals surface area contributed by atoms with E-state index >= 15 is 0 Å². The molecule has 1 atom stereocenters. The van der Waals surface area contributed by atoms with Gasteiger partial charge in [0.15, 0.2) is 5.03 Å². The molecule has 8 heteroatoms. The summed E-state index contributed by atoms with van der Waals surface area (Å²) in [6, 6.07) is 0. The molecular weight excluding hydrogens is 270 g/mol. The number of aliphatic carboxylic acids is 1. The fourth-order valence-corrected chi connectivity index (χ4v) is 2.80. The Morgan fingerprint density at radius 1 is 1.58 bits per heavy atom. The van der Waals surface area contributed by atoms with Crippen molar-refractivity contribution in [1.29, 1.82) is 0 Å². The van der Waals surface area contributed by atoms with Gasteiger partial charge in [-0.15, -0.1) is 0 Å². The van der Waals surface area contributed by atoms with Crippen molar-refractivity contribution < 1.29 is 18.3 Å². The predicted molar refractivity (Wildman–Crippen MR) is 69.2 cm³/mol. The van der Waals surface area contributed by atoms with E-state index in [0.29, 0.717) is 12.4 Å². The van der Waals surface area contributed by atoms with Crippen molar-refractivity contribution in [1.82, 2.24) is 14.3 Å². The van der Waals surface area contributed by atoms with Gasteiger partial charge < -0.3 is 9.67 Å². The fourth-order valence-electron chi connectivity index (χ4n) is 1.63. The Labute approximate surface area is 112 Å². The fraction of sp³-hybridized carbons (Fsp3) is 0.636. The number of carbonyl (C=O) groups is 1. The topological polar surface area (TPSA) is 101 Å². The van der Waals surface area contributed by atoms with Crippen LogP contribution in [0.15, 0.2) is 11.2 Å². The Kier molecular flexibility index (Phi) is 5.07. The molecule has 0 saturated heterocycles. The molecule has 7 nitrogen and oxygen atoms in total. The van der Waals surface area contributed by atoms with Gasteiger partial charge in [0.25, 0.3) is 10.0 Å². The third kappa shape index (κ3) is 4.32. The first-order chi connectivity index (χ1) is 8.76. The summed E-state index contributed by atoms with van der Waals surface area (Å²) in [7, 11) is -3.68. The summed E-state index contributed by atoms with van der Waals surface area (Å²) in [5.41, 5.74) is 0. The van der Waals surface area contributed by atoms with Gasteiger partial charge in [0, 0.05) is 25.7 Å². The van der Waals surface area contributed by atoms with E-state index in [1.165, 1.54) is 6.20 Å². The Hall–Kier alpha value is -1.41. The zero-order valence-electron chi connectivity index (χ0n) is 11.3. The molecule has 1 aromatic rings. The number of sulfonamides is 1. The van der Waals surface area contributed by atoms with Gasteiger partial charge in [0.1, 0.15) is 5.82 Å². The Balaban J connectivity index is 2.73. The molecule has 0 aliphatic rings. The number of rotatable bonds is 7. The van der Waals surface area contributed by atoms with Crippen molar-refractivity contribution >= 4 is 16.0 Å². The molecule has 1 rings (SSSR count). The molecule has 0 fully saturated rings. The lowest BCUT2D eigenvalue weighted by atomic mass is 10.1. The van der Waals surface area contributed by atoms with Gasteiger partial charge in [-0.1, -0.05) is 6.92 Å². The molecule has 0 aliphatic carbocycles. The molecule has 0 bridgehead atoms. The summed E-state index contributed by atoms with van der Waals surface area (Å²) in [5.74, 6) is -0.596. The first-order valence-corrected chi connectivity index (χ1v) is 7.49. The van der Waals surface area contributed by atoms with Crippen LogP contribution in [0.2, 0.25) is 0 Å². The van der Waals surface area contributed by atoms with Gasteiger partial charge in [-0.2, -0.15) is 0 Å². The number of imidazole rings is 1. The van der Waals surface area contributed by atoms with Crippen LogP contribution in [0.25, 0.3) is 0 Å². The van der Waals surface area contributed by atoms with Gasteiger partial charge >= 0.3 is 5.97 Å². The summed E-state index contributed by atoms with van der Waals surface area (Å²) >= 11 is 0. The number of hydrogen-bond acceptors (Lipinski definition) is 4. The molecule has 1 aromatic heterocycles. The summed E-state index contributed by atoms with van der Waals surface area (Å²) in [5, 5.41) is 8.58. The quantitative estimate of drug-likeness (QED) is 0.765. The third-order valence-corrected chi connectivity index (χ3v) is 4.01. The van der Waals surface area contributed by atoms with Crippen LogP contribution in [0.3, 0.4) is 0 Å². The lowest BCUT2D eigenvalue weighted by Gasteiger charge is -2.09. The van der Waals surface area contributed by atoms with Crippen LogP contribution in [-0.4, -0.2) is 35.6 Å². The van der Waals surface area contributed by atoms with Crippen LogP contribution in [0, 0.1) is 12.8 Å². The highest BCUT2D eigenvalue weighted by Crippen LogP contribution is 2.10. The van der Waals surface area contributed by atoms with Crippen molar-refractivity contribution in [3.05, 3.63) is 12.0 Å². The molecule has 0 saturated carbocycles. The number of aromatic nitrogens is 2. The van der Waals surface area contributed by atoms with Gasteiger partial charge in [-0.05, 0) is 19.8 Å². The molecule has 108 valence electrons. The maximum atomic E-state index is 12.0. The average molecular weight is 289 g/mol. The van der Waals surface area contributed by atoms with Crippen LogP contribution in [0.1, 0.15) is 26.1 Å². The number of nitrogens with one attached hydrogen (secondary N) is 1. The van der Waals surface area contributed by atoms with E-state index < -0.39 is 16.0 Å². The van der Waals surface area contributed by atoms with Gasteiger partial charge in [-0.3, -0.25) is 4.79 Å². The highest BCUT2D eigenvalue weighted by molar-refractivity contribution is 7.89. The Morgan fingerprint density at radius 2 is 2.21 bits per heavy atom. The third-order valence-electron chi connectivity index (χ3n) is 2.71. The molecule has 1 heterocycles. The second-order valence-corrected chi connectivity index (χ2v) is 6.18. The summed E-state index contributed by atoms with van der Waals surface area (Å²) < 4.78 is 28.0. The van der Waals surface area contributed by atoms with Crippen LogP contribution < -0.4 is 4.72 Å². The average Bonchev–Trinajstić information content (AvgIpc) is 2.68. The van der Waals surface area contributed by atoms with E-state index in [0.717, 1.165) is 0 Å². The number of carboxylic acids is 1. The zero-order chi connectivity index (χ0) is 14.6. The minimum Gasteiger partial charge on any atom is -0.481 e. The zero-order valence-corrected chi connectivity index (χ0v) is 12.1. The molecule has 0 amide bonds. The number of aryl methyl sites for hydroxylation is 2. The molecular formula is C11H19N3O4S. The van der Waals surface area contributed by atoms with Crippen molar-refractivity contribution in [2.45, 2.75) is 38.8 Å². The maximum absolute atomic E-state index is 12.0. The minimum absolute atomic E-state index is 0.0330. The number of hydrogen-bond donors (Lipinski definition) is 2. The van der Waals surface area contributed by atoms with Crippen molar-refractivity contribution in [3.8, 4) is 0 Å². The molecule has 0 spiro atoms. The van der Waals surface area contributed by atoms with Crippen LogP contribution in [-0.2, 0) is 21.4 Å². The van der Waals surface area contributed by atoms with Gasteiger partial charge in [-0.25, -0.2) is 18.1 Å². The number of carboxylic acid groups (broad SMARTS) is 1. The summed E-state index contributed by atoms with van der Waals surface area (Å²) in [4.78, 5) is 14.5. The van der Waals surface area contributed by atoms with Gasteiger partial charge in [0.05, 0.1) is 0 Å². The monoisotopic (exact) mass is 289 g/mol. The Morgan fingerprint density at radius 3 is 2.68 bits per heavy atom. The van der Waals surface area contributed by atoms with Crippen molar-refractivity contribution in [3.63, 3.8) is 0 Å². The molecule has 2 N–H and O–H groups in total. The van der Waals surface area contributed by atoms with Crippen molar-refractivity contribution in [2.24, 2.45) is 5.92 Å². The largest absolute Gasteiger partial charge is 0.481 e. The SMILES string of the molecule is CCn1cc(S(=O)(=O)NCC(C)CC(=O)O)nc1C. The molecule has 0 aliphatic heterocycles. The van der Waals surface area contributed by atoms with Crippen LogP contribution in [0.5, 0.6) is 0 Å². The summed E-state index contributed by atoms with van der Waals surface area (Å²) in [6.45, 7) is 6.02. The standard InChI is InChI=1S/C11H19N3O4S/c1-4-14-7-10(13-9(14)3)19(17,18)12-6-8(2)5-11(15)16/h7-8,12H,4-6H2,1-3H3,(H,15,16). The second kappa shape index (κ2) is 6.16. The highest BCUT2D eigenvalue weighted by atomic mass is 32.2. The molecule has 0 aromatic carbocycles. The minimum atomic E-state index is -3.68. The smallest absolute Gasteiger partial charge is 0.303 e.